The summed E-state index contributed by atoms with van der Waals surface area (Å²) in [6.45, 7) is 9.64. The molecule has 1 N–H and O–H groups in total. The minimum atomic E-state index is -0.421. The Balaban J connectivity index is 1.95. The number of aryl methyl sites for hydroxylation is 2. The van der Waals surface area contributed by atoms with Crippen molar-refractivity contribution in [2.75, 3.05) is 33.2 Å². The third-order valence-electron chi connectivity index (χ3n) is 4.07. The number of carbonyl (C=O) groups excluding carboxylic acids is 1. The zero-order valence-corrected chi connectivity index (χ0v) is 12.9. The molecule has 1 amide bonds. The van der Waals surface area contributed by atoms with Crippen LogP contribution in [-0.2, 0) is 4.79 Å². The van der Waals surface area contributed by atoms with Gasteiger partial charge in [0.05, 0.1) is 33.2 Å². The fourth-order valence-electron chi connectivity index (χ4n) is 2.41. The van der Waals surface area contributed by atoms with Crippen molar-refractivity contribution in [1.82, 2.24) is 4.90 Å². The molecule has 0 bridgehead atoms. The molecule has 1 saturated heterocycles. The molecule has 1 aromatic rings. The highest BCUT2D eigenvalue weighted by molar-refractivity contribution is 5.81. The van der Waals surface area contributed by atoms with Gasteiger partial charge in [0.15, 0.2) is 6.10 Å². The highest BCUT2D eigenvalue weighted by Crippen LogP contribution is 2.18. The Bertz CT molecular complexity index is 479. The normalized spacial score (nSPS) is 17.9. The van der Waals surface area contributed by atoms with Crippen LogP contribution in [0.1, 0.15) is 18.1 Å². The average molecular weight is 277 g/mol. The zero-order valence-electron chi connectivity index (χ0n) is 12.9. The molecule has 1 aliphatic heterocycles. The molecule has 4 nitrogen and oxygen atoms in total. The van der Waals surface area contributed by atoms with E-state index in [2.05, 4.69) is 20.9 Å². The molecular weight excluding hydrogens is 252 g/mol. The highest BCUT2D eigenvalue weighted by atomic mass is 16.5. The van der Waals surface area contributed by atoms with Crippen molar-refractivity contribution in [3.05, 3.63) is 29.3 Å². The third-order valence-corrected chi connectivity index (χ3v) is 4.07. The number of ether oxygens (including phenoxy) is 1. The Hall–Kier alpha value is -1.55. The van der Waals surface area contributed by atoms with Gasteiger partial charge in [-0.05, 0) is 44.0 Å². The number of hydrogen-bond donors (Lipinski definition) is 1. The van der Waals surface area contributed by atoms with Crippen LogP contribution >= 0.6 is 0 Å². The third kappa shape index (κ3) is 3.51. The van der Waals surface area contributed by atoms with E-state index in [0.717, 1.165) is 31.9 Å². The maximum atomic E-state index is 12.4. The van der Waals surface area contributed by atoms with Gasteiger partial charge in [-0.3, -0.25) is 4.79 Å². The van der Waals surface area contributed by atoms with Gasteiger partial charge in [-0.15, -0.1) is 0 Å². The van der Waals surface area contributed by atoms with Gasteiger partial charge in [0.1, 0.15) is 5.75 Å². The summed E-state index contributed by atoms with van der Waals surface area (Å²) in [5.74, 6) is 0.865. The summed E-state index contributed by atoms with van der Waals surface area (Å²) in [5.41, 5.74) is 2.42. The Morgan fingerprint density at radius 2 is 1.90 bits per heavy atom. The Morgan fingerprint density at radius 3 is 2.50 bits per heavy atom. The number of quaternary nitrogens is 1. The van der Waals surface area contributed by atoms with Gasteiger partial charge in [0, 0.05) is 0 Å². The first-order valence-corrected chi connectivity index (χ1v) is 7.31. The maximum absolute atomic E-state index is 12.4. The van der Waals surface area contributed by atoms with Crippen LogP contribution in [0.5, 0.6) is 5.75 Å². The minimum Gasteiger partial charge on any atom is -0.481 e. The zero-order chi connectivity index (χ0) is 14.7. The number of amides is 1. The van der Waals surface area contributed by atoms with Crippen molar-refractivity contribution in [2.24, 2.45) is 0 Å². The van der Waals surface area contributed by atoms with E-state index in [4.69, 9.17) is 4.74 Å². The van der Waals surface area contributed by atoms with E-state index in [1.807, 2.05) is 30.0 Å². The lowest BCUT2D eigenvalue weighted by Gasteiger charge is -2.31. The van der Waals surface area contributed by atoms with E-state index in [9.17, 15) is 4.79 Å². The first-order valence-electron chi connectivity index (χ1n) is 7.31. The van der Waals surface area contributed by atoms with Crippen LogP contribution in [0.15, 0.2) is 18.2 Å². The van der Waals surface area contributed by atoms with Crippen LogP contribution in [0.25, 0.3) is 0 Å². The topological polar surface area (TPSA) is 34.0 Å². The standard InChI is InChI=1S/C16H24N2O2/c1-12-5-6-15(11-13(12)2)20-14(3)16(19)18-9-7-17(4)8-10-18/h5-6,11,14H,7-10H2,1-4H3/p+1/t14-/m1/s1. The van der Waals surface area contributed by atoms with Crippen LogP contribution in [0, 0.1) is 13.8 Å². The molecule has 0 spiro atoms. The van der Waals surface area contributed by atoms with E-state index in [1.165, 1.54) is 16.0 Å². The van der Waals surface area contributed by atoms with Gasteiger partial charge in [-0.25, -0.2) is 0 Å². The van der Waals surface area contributed by atoms with Gasteiger partial charge in [-0.2, -0.15) is 0 Å². The SMILES string of the molecule is Cc1ccc(O[C@H](C)C(=O)N2CC[NH+](C)CC2)cc1C. The predicted molar refractivity (Wildman–Crippen MR) is 79.2 cm³/mol. The molecule has 0 aliphatic carbocycles. The van der Waals surface area contributed by atoms with Crippen molar-refractivity contribution in [2.45, 2.75) is 26.9 Å². The number of benzene rings is 1. The molecular formula is C16H25N2O2+. The Kier molecular flexibility index (Phi) is 4.65. The second-order valence-corrected chi connectivity index (χ2v) is 5.79. The number of likely N-dealkylation sites (N-methyl/N-ethyl adjacent to an activating group) is 1. The fraction of sp³-hybridized carbons (Fsp3) is 0.562. The molecule has 1 fully saturated rings. The molecule has 4 heteroatoms. The number of nitrogens with one attached hydrogen (secondary N) is 1. The van der Waals surface area contributed by atoms with Gasteiger partial charge >= 0.3 is 0 Å². The molecule has 0 unspecified atom stereocenters. The molecule has 1 aliphatic rings. The van der Waals surface area contributed by atoms with Crippen LogP contribution < -0.4 is 9.64 Å². The average Bonchev–Trinajstić information content (AvgIpc) is 2.43. The van der Waals surface area contributed by atoms with E-state index in [0.29, 0.717) is 0 Å². The van der Waals surface area contributed by atoms with Crippen LogP contribution in [0.2, 0.25) is 0 Å². The van der Waals surface area contributed by atoms with E-state index >= 15 is 0 Å². The number of piperazine rings is 1. The van der Waals surface area contributed by atoms with Crippen LogP contribution in [0.4, 0.5) is 0 Å². The highest BCUT2D eigenvalue weighted by Gasteiger charge is 2.26. The second kappa shape index (κ2) is 6.27. The quantitative estimate of drug-likeness (QED) is 0.869. The van der Waals surface area contributed by atoms with Gasteiger partial charge < -0.3 is 14.5 Å². The Morgan fingerprint density at radius 1 is 1.25 bits per heavy atom. The summed E-state index contributed by atoms with van der Waals surface area (Å²) in [5, 5.41) is 0. The lowest BCUT2D eigenvalue weighted by Crippen LogP contribution is -3.12. The summed E-state index contributed by atoms with van der Waals surface area (Å²) >= 11 is 0. The first kappa shape index (κ1) is 14.9. The number of hydrogen-bond acceptors (Lipinski definition) is 2. The lowest BCUT2D eigenvalue weighted by atomic mass is 10.1. The molecule has 0 saturated carbocycles. The summed E-state index contributed by atoms with van der Waals surface area (Å²) in [6, 6.07) is 5.95. The van der Waals surface area contributed by atoms with Crippen molar-refractivity contribution in [1.29, 1.82) is 0 Å². The summed E-state index contributed by atoms with van der Waals surface area (Å²) in [6.07, 6.45) is -0.421. The van der Waals surface area contributed by atoms with Crippen molar-refractivity contribution < 1.29 is 14.4 Å². The van der Waals surface area contributed by atoms with Crippen LogP contribution in [-0.4, -0.2) is 50.1 Å². The van der Waals surface area contributed by atoms with Crippen LogP contribution in [0.3, 0.4) is 0 Å². The molecule has 0 aromatic heterocycles. The Labute approximate surface area is 121 Å². The summed E-state index contributed by atoms with van der Waals surface area (Å²) < 4.78 is 5.79. The van der Waals surface area contributed by atoms with Gasteiger partial charge in [0.25, 0.3) is 5.91 Å². The maximum Gasteiger partial charge on any atom is 0.263 e. The molecule has 110 valence electrons. The van der Waals surface area contributed by atoms with E-state index in [1.54, 1.807) is 0 Å². The molecule has 2 rings (SSSR count). The number of nitrogens with zero attached hydrogens (tertiary/aromatic N) is 1. The number of rotatable bonds is 3. The second-order valence-electron chi connectivity index (χ2n) is 5.79. The van der Waals surface area contributed by atoms with Crippen molar-refractivity contribution in [3.63, 3.8) is 0 Å². The first-order chi connectivity index (χ1) is 9.47. The lowest BCUT2D eigenvalue weighted by molar-refractivity contribution is -0.883. The van der Waals surface area contributed by atoms with E-state index < -0.39 is 6.10 Å². The fourth-order valence-corrected chi connectivity index (χ4v) is 2.41. The minimum absolute atomic E-state index is 0.0933. The molecule has 0 radical (unpaired) electrons. The summed E-state index contributed by atoms with van der Waals surface area (Å²) in [7, 11) is 2.16. The number of carbonyl (C=O) groups is 1. The van der Waals surface area contributed by atoms with E-state index in [-0.39, 0.29) is 5.91 Å². The molecule has 20 heavy (non-hydrogen) atoms. The molecule has 1 aromatic carbocycles. The summed E-state index contributed by atoms with van der Waals surface area (Å²) in [4.78, 5) is 15.8. The van der Waals surface area contributed by atoms with Crippen molar-refractivity contribution >= 4 is 5.91 Å². The monoisotopic (exact) mass is 277 g/mol. The van der Waals surface area contributed by atoms with Gasteiger partial charge in [0.2, 0.25) is 0 Å². The largest absolute Gasteiger partial charge is 0.481 e. The smallest absolute Gasteiger partial charge is 0.263 e. The molecule has 1 atom stereocenters. The molecule has 1 heterocycles. The van der Waals surface area contributed by atoms with Crippen molar-refractivity contribution in [3.8, 4) is 5.75 Å². The predicted octanol–water partition coefficient (Wildman–Crippen LogP) is 0.428. The van der Waals surface area contributed by atoms with Gasteiger partial charge in [-0.1, -0.05) is 6.07 Å².